The van der Waals surface area contributed by atoms with E-state index in [2.05, 4.69) is 16.4 Å². The minimum atomic E-state index is -0.0934. The number of nitrogen functional groups attached to an aromatic ring is 1. The van der Waals surface area contributed by atoms with Gasteiger partial charge in [0.2, 0.25) is 0 Å². The lowest BCUT2D eigenvalue weighted by molar-refractivity contribution is 0.0959. The standard InChI is InChI=1S/C15H17N3OS/c16-12-11-6-3-8-18-15(11)20-13(12)14(19)17-9-7-10-4-1-2-5-10/h3-4,6,8H,1-2,5,7,9,16H2,(H,17,19). The largest absolute Gasteiger partial charge is 0.397 e. The third-order valence-electron chi connectivity index (χ3n) is 3.58. The SMILES string of the molecule is Nc1c(C(=O)NCCC2=CCCC2)sc2ncccc12. The van der Waals surface area contributed by atoms with Gasteiger partial charge in [0.25, 0.3) is 5.91 Å². The van der Waals surface area contributed by atoms with Gasteiger partial charge in [-0.05, 0) is 37.8 Å². The van der Waals surface area contributed by atoms with Crippen molar-refractivity contribution in [3.05, 3.63) is 34.9 Å². The van der Waals surface area contributed by atoms with Gasteiger partial charge in [-0.25, -0.2) is 4.98 Å². The van der Waals surface area contributed by atoms with Crippen molar-refractivity contribution in [2.24, 2.45) is 0 Å². The van der Waals surface area contributed by atoms with E-state index in [1.165, 1.54) is 36.2 Å². The molecule has 0 atom stereocenters. The number of hydrogen-bond acceptors (Lipinski definition) is 4. The smallest absolute Gasteiger partial charge is 0.263 e. The Morgan fingerprint density at radius 1 is 1.50 bits per heavy atom. The lowest BCUT2D eigenvalue weighted by atomic mass is 10.1. The zero-order valence-corrected chi connectivity index (χ0v) is 12.0. The predicted molar refractivity (Wildman–Crippen MR) is 82.9 cm³/mol. The van der Waals surface area contributed by atoms with Gasteiger partial charge < -0.3 is 11.1 Å². The Kier molecular flexibility index (Phi) is 3.69. The highest BCUT2D eigenvalue weighted by Gasteiger charge is 2.16. The average Bonchev–Trinajstić information content (AvgIpc) is 3.08. The molecule has 2 aromatic heterocycles. The van der Waals surface area contributed by atoms with Crippen LogP contribution in [0, 0.1) is 0 Å². The van der Waals surface area contributed by atoms with E-state index in [1.54, 1.807) is 6.20 Å². The normalized spacial score (nSPS) is 14.5. The van der Waals surface area contributed by atoms with Crippen molar-refractivity contribution in [2.75, 3.05) is 12.3 Å². The summed E-state index contributed by atoms with van der Waals surface area (Å²) in [4.78, 5) is 17.8. The maximum Gasteiger partial charge on any atom is 0.263 e. The van der Waals surface area contributed by atoms with Gasteiger partial charge in [-0.3, -0.25) is 4.79 Å². The molecule has 3 rings (SSSR count). The molecule has 5 heteroatoms. The summed E-state index contributed by atoms with van der Waals surface area (Å²) in [5, 5.41) is 3.81. The molecule has 0 aromatic carbocycles. The van der Waals surface area contributed by atoms with Crippen molar-refractivity contribution in [1.29, 1.82) is 0 Å². The molecular formula is C15H17N3OS. The number of thiophene rings is 1. The molecule has 2 aromatic rings. The Hall–Kier alpha value is -1.88. The average molecular weight is 287 g/mol. The van der Waals surface area contributed by atoms with Crippen molar-refractivity contribution in [3.63, 3.8) is 0 Å². The first-order valence-electron chi connectivity index (χ1n) is 6.85. The zero-order chi connectivity index (χ0) is 13.9. The Balaban J connectivity index is 1.67. The molecule has 0 unspecified atom stereocenters. The van der Waals surface area contributed by atoms with E-state index in [9.17, 15) is 4.79 Å². The van der Waals surface area contributed by atoms with Crippen LogP contribution in [0.2, 0.25) is 0 Å². The van der Waals surface area contributed by atoms with Crippen LogP contribution in [0.3, 0.4) is 0 Å². The number of aromatic nitrogens is 1. The van der Waals surface area contributed by atoms with Crippen LogP contribution in [-0.2, 0) is 0 Å². The van der Waals surface area contributed by atoms with Gasteiger partial charge in [-0.1, -0.05) is 11.6 Å². The summed E-state index contributed by atoms with van der Waals surface area (Å²) in [6, 6.07) is 3.73. The van der Waals surface area contributed by atoms with Crippen molar-refractivity contribution >= 4 is 33.1 Å². The van der Waals surface area contributed by atoms with Gasteiger partial charge in [-0.15, -0.1) is 11.3 Å². The molecule has 104 valence electrons. The Morgan fingerprint density at radius 3 is 3.15 bits per heavy atom. The molecule has 0 bridgehead atoms. The molecule has 0 aliphatic heterocycles. The van der Waals surface area contributed by atoms with Gasteiger partial charge in [0.15, 0.2) is 0 Å². The van der Waals surface area contributed by atoms with E-state index < -0.39 is 0 Å². The van der Waals surface area contributed by atoms with E-state index in [-0.39, 0.29) is 5.91 Å². The first-order valence-corrected chi connectivity index (χ1v) is 7.66. The molecule has 0 radical (unpaired) electrons. The van der Waals surface area contributed by atoms with Gasteiger partial charge in [-0.2, -0.15) is 0 Å². The highest BCUT2D eigenvalue weighted by Crippen LogP contribution is 2.31. The van der Waals surface area contributed by atoms with Crippen molar-refractivity contribution in [2.45, 2.75) is 25.7 Å². The summed E-state index contributed by atoms with van der Waals surface area (Å²) in [6.07, 6.45) is 8.53. The predicted octanol–water partition coefficient (Wildman–Crippen LogP) is 3.11. The molecule has 1 aliphatic rings. The third kappa shape index (κ3) is 2.54. The highest BCUT2D eigenvalue weighted by molar-refractivity contribution is 7.21. The summed E-state index contributed by atoms with van der Waals surface area (Å²) in [7, 11) is 0. The summed E-state index contributed by atoms with van der Waals surface area (Å²) in [5.41, 5.74) is 8.02. The highest BCUT2D eigenvalue weighted by atomic mass is 32.1. The number of amides is 1. The fourth-order valence-electron chi connectivity index (χ4n) is 2.50. The number of nitrogens with zero attached hydrogens (tertiary/aromatic N) is 1. The van der Waals surface area contributed by atoms with E-state index in [1.807, 2.05) is 12.1 Å². The Morgan fingerprint density at radius 2 is 2.40 bits per heavy atom. The molecule has 0 saturated heterocycles. The molecule has 1 aliphatic carbocycles. The quantitative estimate of drug-likeness (QED) is 0.849. The minimum absolute atomic E-state index is 0.0934. The van der Waals surface area contributed by atoms with Gasteiger partial charge in [0, 0.05) is 18.1 Å². The number of carbonyl (C=O) groups excluding carboxylic acids is 1. The fraction of sp³-hybridized carbons (Fsp3) is 0.333. The Bertz CT molecular complexity index is 675. The number of nitrogens with one attached hydrogen (secondary N) is 1. The number of carbonyl (C=O) groups is 1. The minimum Gasteiger partial charge on any atom is -0.397 e. The maximum atomic E-state index is 12.2. The first kappa shape index (κ1) is 13.1. The molecule has 0 spiro atoms. The lowest BCUT2D eigenvalue weighted by Crippen LogP contribution is -2.24. The second-order valence-electron chi connectivity index (χ2n) is 4.96. The first-order chi connectivity index (χ1) is 9.75. The molecule has 0 fully saturated rings. The molecule has 4 nitrogen and oxygen atoms in total. The van der Waals surface area contributed by atoms with E-state index in [4.69, 9.17) is 5.73 Å². The van der Waals surface area contributed by atoms with E-state index in [0.29, 0.717) is 17.1 Å². The molecule has 20 heavy (non-hydrogen) atoms. The second-order valence-corrected chi connectivity index (χ2v) is 5.96. The van der Waals surface area contributed by atoms with Crippen LogP contribution >= 0.6 is 11.3 Å². The van der Waals surface area contributed by atoms with Gasteiger partial charge in [0.05, 0.1) is 5.69 Å². The van der Waals surface area contributed by atoms with E-state index in [0.717, 1.165) is 16.6 Å². The van der Waals surface area contributed by atoms with Crippen LogP contribution in [0.4, 0.5) is 5.69 Å². The van der Waals surface area contributed by atoms with Crippen LogP contribution in [-0.4, -0.2) is 17.4 Å². The third-order valence-corrected chi connectivity index (χ3v) is 4.71. The van der Waals surface area contributed by atoms with Crippen LogP contribution in [0.1, 0.15) is 35.4 Å². The maximum absolute atomic E-state index is 12.2. The number of rotatable bonds is 4. The number of nitrogens with two attached hydrogens (primary N) is 1. The lowest BCUT2D eigenvalue weighted by Gasteiger charge is -2.05. The van der Waals surface area contributed by atoms with Crippen molar-refractivity contribution < 1.29 is 4.79 Å². The Labute approximate surface area is 121 Å². The van der Waals surface area contributed by atoms with Gasteiger partial charge in [0.1, 0.15) is 9.71 Å². The summed E-state index contributed by atoms with van der Waals surface area (Å²) < 4.78 is 0. The second kappa shape index (κ2) is 5.63. The number of anilines is 1. The summed E-state index contributed by atoms with van der Waals surface area (Å²) >= 11 is 1.35. The van der Waals surface area contributed by atoms with Gasteiger partial charge >= 0.3 is 0 Å². The van der Waals surface area contributed by atoms with Crippen molar-refractivity contribution in [1.82, 2.24) is 10.3 Å². The zero-order valence-electron chi connectivity index (χ0n) is 11.2. The van der Waals surface area contributed by atoms with Crippen LogP contribution in [0.5, 0.6) is 0 Å². The topological polar surface area (TPSA) is 68.0 Å². The van der Waals surface area contributed by atoms with E-state index >= 15 is 0 Å². The molecule has 1 amide bonds. The number of pyridine rings is 1. The van der Waals surface area contributed by atoms with Crippen LogP contribution in [0.15, 0.2) is 30.0 Å². The summed E-state index contributed by atoms with van der Waals surface area (Å²) in [6.45, 7) is 0.672. The fourth-order valence-corrected chi connectivity index (χ4v) is 3.48. The number of fused-ring (bicyclic) bond motifs is 1. The molecule has 3 N–H and O–H groups in total. The molecule has 0 saturated carbocycles. The molecule has 2 heterocycles. The van der Waals surface area contributed by atoms with Crippen LogP contribution in [0.25, 0.3) is 10.2 Å². The number of allylic oxidation sites excluding steroid dienone is 1. The van der Waals surface area contributed by atoms with Crippen molar-refractivity contribution in [3.8, 4) is 0 Å². The molecular weight excluding hydrogens is 270 g/mol. The van der Waals surface area contributed by atoms with Crippen LogP contribution < -0.4 is 11.1 Å². The number of hydrogen-bond donors (Lipinski definition) is 2. The summed E-state index contributed by atoms with van der Waals surface area (Å²) in [5.74, 6) is -0.0934. The monoisotopic (exact) mass is 287 g/mol.